The van der Waals surface area contributed by atoms with E-state index < -0.39 is 0 Å². The van der Waals surface area contributed by atoms with Gasteiger partial charge in [-0.3, -0.25) is 14.5 Å². The van der Waals surface area contributed by atoms with E-state index in [0.29, 0.717) is 30.5 Å². The Morgan fingerprint density at radius 2 is 1.97 bits per heavy atom. The van der Waals surface area contributed by atoms with Gasteiger partial charge in [0.15, 0.2) is 5.69 Å². The smallest absolute Gasteiger partial charge is 0.276 e. The van der Waals surface area contributed by atoms with Gasteiger partial charge in [-0.25, -0.2) is 0 Å². The molecule has 0 bridgehead atoms. The molecule has 2 amide bonds. The van der Waals surface area contributed by atoms with Crippen molar-refractivity contribution in [3.8, 4) is 0 Å². The van der Waals surface area contributed by atoms with Gasteiger partial charge in [0, 0.05) is 50.7 Å². The van der Waals surface area contributed by atoms with Crippen molar-refractivity contribution in [2.45, 2.75) is 26.3 Å². The molecule has 1 saturated carbocycles. The van der Waals surface area contributed by atoms with Gasteiger partial charge in [0.05, 0.1) is 5.92 Å². The van der Waals surface area contributed by atoms with Crippen molar-refractivity contribution in [1.29, 1.82) is 0 Å². The Labute approximate surface area is 176 Å². The third kappa shape index (κ3) is 3.74. The second-order valence-corrected chi connectivity index (χ2v) is 9.24. The number of amides is 2. The number of hydrogen-bond donors (Lipinski definition) is 1. The summed E-state index contributed by atoms with van der Waals surface area (Å²) < 4.78 is 5.05. The maximum Gasteiger partial charge on any atom is 0.276 e. The molecule has 3 heterocycles. The highest BCUT2D eigenvalue weighted by Crippen LogP contribution is 2.45. The fraction of sp³-hybridized carbons (Fsp3) is 0.522. The third-order valence-electron chi connectivity index (χ3n) is 6.69. The predicted molar refractivity (Wildman–Crippen MR) is 111 cm³/mol. The van der Waals surface area contributed by atoms with Crippen molar-refractivity contribution in [1.82, 2.24) is 20.3 Å². The fourth-order valence-electron chi connectivity index (χ4n) is 4.89. The van der Waals surface area contributed by atoms with Crippen molar-refractivity contribution in [3.63, 3.8) is 0 Å². The van der Waals surface area contributed by atoms with Crippen LogP contribution in [0.15, 0.2) is 40.9 Å². The summed E-state index contributed by atoms with van der Waals surface area (Å²) in [5.41, 5.74) is 1.41. The van der Waals surface area contributed by atoms with E-state index >= 15 is 0 Å². The zero-order valence-corrected chi connectivity index (χ0v) is 17.3. The van der Waals surface area contributed by atoms with E-state index in [2.05, 4.69) is 27.5 Å². The second kappa shape index (κ2) is 7.54. The number of rotatable bonds is 6. The molecular weight excluding hydrogens is 380 g/mol. The molecule has 7 heteroatoms. The molecular formula is C23H28N4O3. The molecule has 1 unspecified atom stereocenters. The van der Waals surface area contributed by atoms with E-state index in [0.717, 1.165) is 26.2 Å². The van der Waals surface area contributed by atoms with Crippen molar-refractivity contribution in [2.75, 3.05) is 32.7 Å². The van der Waals surface area contributed by atoms with E-state index in [9.17, 15) is 9.59 Å². The van der Waals surface area contributed by atoms with Crippen molar-refractivity contribution < 1.29 is 14.1 Å². The van der Waals surface area contributed by atoms with Crippen LogP contribution in [0.2, 0.25) is 0 Å². The molecule has 1 N–H and O–H groups in total. The minimum Gasteiger partial charge on any atom is -0.361 e. The molecule has 2 aliphatic heterocycles. The van der Waals surface area contributed by atoms with Gasteiger partial charge in [0.2, 0.25) is 5.91 Å². The lowest BCUT2D eigenvalue weighted by atomic mass is 9.71. The highest BCUT2D eigenvalue weighted by molar-refractivity contribution is 5.93. The lowest BCUT2D eigenvalue weighted by Gasteiger charge is -2.50. The summed E-state index contributed by atoms with van der Waals surface area (Å²) in [6.07, 6.45) is 2.44. The van der Waals surface area contributed by atoms with Crippen LogP contribution in [0.1, 0.15) is 34.7 Å². The first kappa shape index (κ1) is 19.3. The summed E-state index contributed by atoms with van der Waals surface area (Å²) in [4.78, 5) is 30.0. The van der Waals surface area contributed by atoms with Gasteiger partial charge in [-0.1, -0.05) is 35.5 Å². The summed E-state index contributed by atoms with van der Waals surface area (Å²) in [5.74, 6) is 1.21. The summed E-state index contributed by atoms with van der Waals surface area (Å²) in [6, 6.07) is 12.0. The number of benzene rings is 1. The molecule has 3 fully saturated rings. The van der Waals surface area contributed by atoms with Crippen LogP contribution in [-0.2, 0) is 11.3 Å². The molecule has 5 rings (SSSR count). The monoisotopic (exact) mass is 408 g/mol. The van der Waals surface area contributed by atoms with Gasteiger partial charge in [0.25, 0.3) is 5.91 Å². The highest BCUT2D eigenvalue weighted by atomic mass is 16.5. The molecule has 158 valence electrons. The SMILES string of the molecule is Cc1cc(C(=O)N2CC3(CN(Cc4ccccc4)CC3C(=O)NCC3CC3)C2)no1. The van der Waals surface area contributed by atoms with E-state index in [1.165, 1.54) is 18.4 Å². The van der Waals surface area contributed by atoms with Crippen molar-refractivity contribution in [2.24, 2.45) is 17.3 Å². The first-order chi connectivity index (χ1) is 14.5. The molecule has 0 radical (unpaired) electrons. The van der Waals surface area contributed by atoms with Gasteiger partial charge >= 0.3 is 0 Å². The van der Waals surface area contributed by atoms with E-state index in [-0.39, 0.29) is 23.1 Å². The van der Waals surface area contributed by atoms with Crippen LogP contribution in [0.4, 0.5) is 0 Å². The molecule has 2 saturated heterocycles. The van der Waals surface area contributed by atoms with Crippen molar-refractivity contribution in [3.05, 3.63) is 53.4 Å². The third-order valence-corrected chi connectivity index (χ3v) is 6.69. The summed E-state index contributed by atoms with van der Waals surface area (Å²) >= 11 is 0. The number of hydrogen-bond acceptors (Lipinski definition) is 5. The number of nitrogens with one attached hydrogen (secondary N) is 1. The van der Waals surface area contributed by atoms with Gasteiger partial charge in [0.1, 0.15) is 5.76 Å². The Morgan fingerprint density at radius 3 is 2.63 bits per heavy atom. The standard InChI is InChI=1S/C23H28N4O3/c1-16-9-20(25-30-16)22(29)27-14-23(15-27)13-26(11-18-5-3-2-4-6-18)12-19(23)21(28)24-10-17-7-8-17/h2-6,9,17,19H,7-8,10-15H2,1H3,(H,24,28). The molecule has 3 aliphatic rings. The molecule has 1 spiro atoms. The fourth-order valence-corrected chi connectivity index (χ4v) is 4.89. The number of aryl methyl sites for hydroxylation is 1. The van der Waals surface area contributed by atoms with E-state index in [1.807, 2.05) is 18.2 Å². The molecule has 1 aliphatic carbocycles. The van der Waals surface area contributed by atoms with Crippen LogP contribution >= 0.6 is 0 Å². The maximum absolute atomic E-state index is 13.1. The number of likely N-dealkylation sites (tertiary alicyclic amines) is 2. The van der Waals surface area contributed by atoms with Gasteiger partial charge in [-0.15, -0.1) is 0 Å². The summed E-state index contributed by atoms with van der Waals surface area (Å²) in [5, 5.41) is 7.04. The van der Waals surface area contributed by atoms with Crippen LogP contribution in [0.5, 0.6) is 0 Å². The first-order valence-corrected chi connectivity index (χ1v) is 10.8. The zero-order chi connectivity index (χ0) is 20.7. The second-order valence-electron chi connectivity index (χ2n) is 9.24. The maximum atomic E-state index is 13.1. The number of nitrogens with zero attached hydrogens (tertiary/aromatic N) is 3. The average molecular weight is 409 g/mol. The number of carbonyl (C=O) groups is 2. The largest absolute Gasteiger partial charge is 0.361 e. The Balaban J connectivity index is 1.29. The van der Waals surface area contributed by atoms with Gasteiger partial charge in [-0.2, -0.15) is 0 Å². The van der Waals surface area contributed by atoms with Crippen LogP contribution in [0.25, 0.3) is 0 Å². The minimum absolute atomic E-state index is 0.0944. The average Bonchev–Trinajstić information content (AvgIpc) is 3.32. The highest BCUT2D eigenvalue weighted by Gasteiger charge is 2.58. The summed E-state index contributed by atoms with van der Waals surface area (Å²) in [7, 11) is 0. The van der Waals surface area contributed by atoms with E-state index in [1.54, 1.807) is 17.9 Å². The van der Waals surface area contributed by atoms with Crippen molar-refractivity contribution >= 4 is 11.8 Å². The Kier molecular flexibility index (Phi) is 4.85. The topological polar surface area (TPSA) is 78.7 Å². The van der Waals surface area contributed by atoms with Crippen LogP contribution in [0, 0.1) is 24.2 Å². The number of carbonyl (C=O) groups excluding carboxylic acids is 2. The minimum atomic E-state index is -0.184. The molecule has 30 heavy (non-hydrogen) atoms. The molecule has 1 aromatic heterocycles. The predicted octanol–water partition coefficient (Wildman–Crippen LogP) is 2.08. The van der Waals surface area contributed by atoms with Gasteiger partial charge in [-0.05, 0) is 31.2 Å². The molecule has 7 nitrogen and oxygen atoms in total. The zero-order valence-electron chi connectivity index (χ0n) is 17.3. The first-order valence-electron chi connectivity index (χ1n) is 10.8. The Morgan fingerprint density at radius 1 is 1.20 bits per heavy atom. The van der Waals surface area contributed by atoms with Crippen LogP contribution < -0.4 is 5.32 Å². The Bertz CT molecular complexity index is 931. The quantitative estimate of drug-likeness (QED) is 0.792. The number of aromatic nitrogens is 1. The van der Waals surface area contributed by atoms with Gasteiger partial charge < -0.3 is 14.7 Å². The molecule has 2 aromatic rings. The molecule has 1 atom stereocenters. The molecule has 1 aromatic carbocycles. The normalized spacial score (nSPS) is 22.8. The van der Waals surface area contributed by atoms with E-state index in [4.69, 9.17) is 4.52 Å². The van der Waals surface area contributed by atoms with Crippen LogP contribution in [0.3, 0.4) is 0 Å². The lowest BCUT2D eigenvalue weighted by molar-refractivity contribution is -0.131. The lowest BCUT2D eigenvalue weighted by Crippen LogP contribution is -2.64. The Hall–Kier alpha value is -2.67. The van der Waals surface area contributed by atoms with Crippen LogP contribution in [-0.4, -0.2) is 59.5 Å². The summed E-state index contributed by atoms with van der Waals surface area (Å²) in [6.45, 7) is 6.12.